The van der Waals surface area contributed by atoms with Crippen molar-refractivity contribution in [3.63, 3.8) is 0 Å². The van der Waals surface area contributed by atoms with E-state index >= 15 is 0 Å². The molecule has 1 nitrogen and oxygen atoms in total. The Bertz CT molecular complexity index is 534. The summed E-state index contributed by atoms with van der Waals surface area (Å²) >= 11 is 5.93. The van der Waals surface area contributed by atoms with E-state index in [1.165, 1.54) is 11.1 Å². The van der Waals surface area contributed by atoms with Crippen molar-refractivity contribution in [1.82, 2.24) is 0 Å². The molecular formula is C16H17ClO. The van der Waals surface area contributed by atoms with Gasteiger partial charge >= 0.3 is 0 Å². The Kier molecular flexibility index (Phi) is 4.27. The van der Waals surface area contributed by atoms with Crippen LogP contribution in [0.4, 0.5) is 0 Å². The standard InChI is InChI=1S/C16H17ClO/c1-12-5-3-7-14(9-12)11-18-16-13(2)6-4-8-15(16)10-17/h3-9H,10-11H2,1-2H3. The van der Waals surface area contributed by atoms with Gasteiger partial charge in [-0.15, -0.1) is 11.6 Å². The van der Waals surface area contributed by atoms with Crippen molar-refractivity contribution in [3.8, 4) is 5.75 Å². The molecule has 0 aliphatic rings. The van der Waals surface area contributed by atoms with Crippen LogP contribution in [-0.4, -0.2) is 0 Å². The molecule has 0 unspecified atom stereocenters. The van der Waals surface area contributed by atoms with Crippen LogP contribution in [0, 0.1) is 13.8 Å². The van der Waals surface area contributed by atoms with E-state index in [1.807, 2.05) is 31.2 Å². The highest BCUT2D eigenvalue weighted by Gasteiger charge is 2.06. The van der Waals surface area contributed by atoms with Crippen molar-refractivity contribution < 1.29 is 4.74 Å². The fourth-order valence-electron chi connectivity index (χ4n) is 1.98. The minimum absolute atomic E-state index is 0.477. The molecule has 0 saturated heterocycles. The fourth-order valence-corrected chi connectivity index (χ4v) is 2.19. The zero-order valence-corrected chi connectivity index (χ0v) is 11.5. The summed E-state index contributed by atoms with van der Waals surface area (Å²) in [7, 11) is 0. The highest BCUT2D eigenvalue weighted by molar-refractivity contribution is 6.17. The molecule has 0 spiro atoms. The summed E-state index contributed by atoms with van der Waals surface area (Å²) < 4.78 is 5.92. The number of hydrogen-bond donors (Lipinski definition) is 0. The zero-order chi connectivity index (χ0) is 13.0. The van der Waals surface area contributed by atoms with Crippen molar-refractivity contribution in [3.05, 3.63) is 64.7 Å². The van der Waals surface area contributed by atoms with Crippen LogP contribution >= 0.6 is 11.6 Å². The third-order valence-electron chi connectivity index (χ3n) is 2.90. The number of para-hydroxylation sites is 1. The molecule has 0 atom stereocenters. The maximum atomic E-state index is 5.93. The molecule has 2 rings (SSSR count). The van der Waals surface area contributed by atoms with Crippen LogP contribution < -0.4 is 4.74 Å². The lowest BCUT2D eigenvalue weighted by Crippen LogP contribution is -2.00. The molecule has 0 radical (unpaired) electrons. The molecule has 0 aliphatic carbocycles. The average molecular weight is 261 g/mol. The summed E-state index contributed by atoms with van der Waals surface area (Å²) in [4.78, 5) is 0. The maximum Gasteiger partial charge on any atom is 0.127 e. The van der Waals surface area contributed by atoms with E-state index in [1.54, 1.807) is 0 Å². The van der Waals surface area contributed by atoms with Gasteiger partial charge in [-0.3, -0.25) is 0 Å². The third kappa shape index (κ3) is 3.05. The van der Waals surface area contributed by atoms with Gasteiger partial charge in [0.05, 0.1) is 5.88 Å². The second-order valence-electron chi connectivity index (χ2n) is 4.47. The first-order valence-corrected chi connectivity index (χ1v) is 6.57. The minimum Gasteiger partial charge on any atom is -0.488 e. The van der Waals surface area contributed by atoms with Crippen LogP contribution in [-0.2, 0) is 12.5 Å². The molecule has 0 fully saturated rings. The summed E-state index contributed by atoms with van der Waals surface area (Å²) in [5.41, 5.74) is 4.60. The highest BCUT2D eigenvalue weighted by atomic mass is 35.5. The Hall–Kier alpha value is -1.47. The van der Waals surface area contributed by atoms with Crippen molar-refractivity contribution in [2.24, 2.45) is 0 Å². The molecular weight excluding hydrogens is 244 g/mol. The van der Waals surface area contributed by atoms with Crippen molar-refractivity contribution >= 4 is 11.6 Å². The molecule has 2 heteroatoms. The monoisotopic (exact) mass is 260 g/mol. The van der Waals surface area contributed by atoms with Gasteiger partial charge in [-0.1, -0.05) is 48.0 Å². The molecule has 0 N–H and O–H groups in total. The first kappa shape index (κ1) is 13.0. The van der Waals surface area contributed by atoms with Gasteiger partial charge in [0.15, 0.2) is 0 Å². The van der Waals surface area contributed by atoms with Gasteiger partial charge in [0.25, 0.3) is 0 Å². The smallest absolute Gasteiger partial charge is 0.127 e. The van der Waals surface area contributed by atoms with Crippen LogP contribution in [0.5, 0.6) is 5.75 Å². The Labute approximate surface area is 113 Å². The lowest BCUT2D eigenvalue weighted by atomic mass is 10.1. The van der Waals surface area contributed by atoms with Gasteiger partial charge in [-0.05, 0) is 25.0 Å². The molecule has 2 aromatic rings. The minimum atomic E-state index is 0.477. The fraction of sp³-hybridized carbons (Fsp3) is 0.250. The quantitative estimate of drug-likeness (QED) is 0.729. The summed E-state index contributed by atoms with van der Waals surface area (Å²) in [6, 6.07) is 14.4. The van der Waals surface area contributed by atoms with Gasteiger partial charge in [0, 0.05) is 5.56 Å². The number of alkyl halides is 1. The lowest BCUT2D eigenvalue weighted by Gasteiger charge is -2.13. The molecule has 0 aliphatic heterocycles. The van der Waals surface area contributed by atoms with Crippen molar-refractivity contribution in [1.29, 1.82) is 0 Å². The number of ether oxygens (including phenoxy) is 1. The number of aryl methyl sites for hydroxylation is 2. The predicted molar refractivity (Wildman–Crippen MR) is 76.2 cm³/mol. The highest BCUT2D eigenvalue weighted by Crippen LogP contribution is 2.25. The number of benzene rings is 2. The second kappa shape index (κ2) is 5.92. The molecule has 94 valence electrons. The van der Waals surface area contributed by atoms with Gasteiger partial charge in [0.2, 0.25) is 0 Å². The van der Waals surface area contributed by atoms with Crippen LogP contribution in [0.1, 0.15) is 22.3 Å². The average Bonchev–Trinajstić information content (AvgIpc) is 2.37. The van der Waals surface area contributed by atoms with Crippen molar-refractivity contribution in [2.45, 2.75) is 26.3 Å². The normalized spacial score (nSPS) is 10.4. The maximum absolute atomic E-state index is 5.93. The van der Waals surface area contributed by atoms with E-state index in [0.29, 0.717) is 12.5 Å². The Morgan fingerprint density at radius 3 is 2.56 bits per heavy atom. The van der Waals surface area contributed by atoms with E-state index in [9.17, 15) is 0 Å². The van der Waals surface area contributed by atoms with E-state index in [4.69, 9.17) is 16.3 Å². The van der Waals surface area contributed by atoms with Gasteiger partial charge in [-0.2, -0.15) is 0 Å². The van der Waals surface area contributed by atoms with Crippen LogP contribution in [0.25, 0.3) is 0 Å². The van der Waals surface area contributed by atoms with E-state index in [-0.39, 0.29) is 0 Å². The zero-order valence-electron chi connectivity index (χ0n) is 10.7. The van der Waals surface area contributed by atoms with Gasteiger partial charge < -0.3 is 4.74 Å². The molecule has 0 bridgehead atoms. The summed E-state index contributed by atoms with van der Waals surface area (Å²) in [6.07, 6.45) is 0. The summed E-state index contributed by atoms with van der Waals surface area (Å²) in [6.45, 7) is 4.71. The molecule has 0 aromatic heterocycles. The van der Waals surface area contributed by atoms with Crippen molar-refractivity contribution in [2.75, 3.05) is 0 Å². The van der Waals surface area contributed by atoms with E-state index < -0.39 is 0 Å². The summed E-state index contributed by atoms with van der Waals surface area (Å²) in [5.74, 6) is 1.39. The Balaban J connectivity index is 2.15. The molecule has 0 saturated carbocycles. The summed E-state index contributed by atoms with van der Waals surface area (Å²) in [5, 5.41) is 0. The van der Waals surface area contributed by atoms with Crippen LogP contribution in [0.15, 0.2) is 42.5 Å². The molecule has 0 amide bonds. The first-order valence-electron chi connectivity index (χ1n) is 6.03. The molecule has 18 heavy (non-hydrogen) atoms. The number of halogens is 1. The second-order valence-corrected chi connectivity index (χ2v) is 4.74. The van der Waals surface area contributed by atoms with Gasteiger partial charge in [0.1, 0.15) is 12.4 Å². The first-order chi connectivity index (χ1) is 8.70. The number of rotatable bonds is 4. The number of hydrogen-bond acceptors (Lipinski definition) is 1. The molecule has 2 aromatic carbocycles. The third-order valence-corrected chi connectivity index (χ3v) is 3.19. The SMILES string of the molecule is Cc1cccc(COc2c(C)cccc2CCl)c1. The Morgan fingerprint density at radius 1 is 1.06 bits per heavy atom. The van der Waals surface area contributed by atoms with Gasteiger partial charge in [-0.25, -0.2) is 0 Å². The van der Waals surface area contributed by atoms with E-state index in [2.05, 4.69) is 25.1 Å². The van der Waals surface area contributed by atoms with Crippen LogP contribution in [0.3, 0.4) is 0 Å². The molecule has 0 heterocycles. The Morgan fingerprint density at radius 2 is 1.83 bits per heavy atom. The van der Waals surface area contributed by atoms with Crippen LogP contribution in [0.2, 0.25) is 0 Å². The predicted octanol–water partition coefficient (Wildman–Crippen LogP) is 4.62. The lowest BCUT2D eigenvalue weighted by molar-refractivity contribution is 0.301. The largest absolute Gasteiger partial charge is 0.488 e. The van der Waals surface area contributed by atoms with E-state index in [0.717, 1.165) is 16.9 Å². The topological polar surface area (TPSA) is 9.23 Å².